The Bertz CT molecular complexity index is 572. The van der Waals surface area contributed by atoms with Crippen molar-refractivity contribution in [2.24, 2.45) is 0 Å². The summed E-state index contributed by atoms with van der Waals surface area (Å²) >= 11 is 0. The number of benzene rings is 1. The standard InChI is InChI=1S/C16H20N2O3.ClH/c1-17-9-10-18(2)16(19)15-13(8-11-20-15)12-21-14-6-4-3-5-7-14;/h3-8,11,17H,9-10,12H2,1-2H3;1H. The quantitative estimate of drug-likeness (QED) is 0.850. The summed E-state index contributed by atoms with van der Waals surface area (Å²) in [5.74, 6) is 0.965. The van der Waals surface area contributed by atoms with E-state index in [0.717, 1.165) is 17.9 Å². The Labute approximate surface area is 136 Å². The van der Waals surface area contributed by atoms with Crippen molar-refractivity contribution >= 4 is 18.3 Å². The second kappa shape index (κ2) is 9.12. The van der Waals surface area contributed by atoms with Crippen molar-refractivity contribution in [1.82, 2.24) is 10.2 Å². The summed E-state index contributed by atoms with van der Waals surface area (Å²) in [6.45, 7) is 1.66. The Morgan fingerprint density at radius 2 is 2.00 bits per heavy atom. The number of ether oxygens (including phenoxy) is 1. The number of hydrogen-bond acceptors (Lipinski definition) is 4. The molecule has 0 saturated carbocycles. The number of carbonyl (C=O) groups is 1. The van der Waals surface area contributed by atoms with E-state index in [1.807, 2.05) is 37.4 Å². The molecule has 0 aliphatic heterocycles. The molecular weight excluding hydrogens is 304 g/mol. The molecule has 0 aliphatic carbocycles. The van der Waals surface area contributed by atoms with E-state index in [0.29, 0.717) is 18.9 Å². The van der Waals surface area contributed by atoms with Crippen LogP contribution in [0, 0.1) is 0 Å². The second-order valence-corrected chi connectivity index (χ2v) is 4.71. The summed E-state index contributed by atoms with van der Waals surface area (Å²) in [6.07, 6.45) is 1.52. The number of para-hydroxylation sites is 1. The van der Waals surface area contributed by atoms with Gasteiger partial charge in [-0.15, -0.1) is 12.4 Å². The van der Waals surface area contributed by atoms with Crippen LogP contribution >= 0.6 is 12.4 Å². The average molecular weight is 325 g/mol. The first kappa shape index (κ1) is 18.1. The van der Waals surface area contributed by atoms with Gasteiger partial charge in [-0.05, 0) is 25.2 Å². The largest absolute Gasteiger partial charge is 0.489 e. The highest BCUT2D eigenvalue weighted by Gasteiger charge is 2.19. The zero-order valence-electron chi connectivity index (χ0n) is 12.7. The van der Waals surface area contributed by atoms with Crippen LogP contribution in [0.1, 0.15) is 16.1 Å². The van der Waals surface area contributed by atoms with Crippen molar-refractivity contribution in [3.63, 3.8) is 0 Å². The Morgan fingerprint density at radius 3 is 2.68 bits per heavy atom. The van der Waals surface area contributed by atoms with Crippen molar-refractivity contribution in [2.75, 3.05) is 27.2 Å². The van der Waals surface area contributed by atoms with Gasteiger partial charge in [-0.2, -0.15) is 0 Å². The molecule has 22 heavy (non-hydrogen) atoms. The highest BCUT2D eigenvalue weighted by atomic mass is 35.5. The van der Waals surface area contributed by atoms with Crippen LogP contribution in [0.3, 0.4) is 0 Å². The van der Waals surface area contributed by atoms with Gasteiger partial charge in [-0.3, -0.25) is 4.79 Å². The van der Waals surface area contributed by atoms with E-state index >= 15 is 0 Å². The molecule has 1 amide bonds. The molecule has 120 valence electrons. The molecule has 2 rings (SSSR count). The molecule has 1 aromatic carbocycles. The van der Waals surface area contributed by atoms with Gasteiger partial charge in [0.2, 0.25) is 0 Å². The minimum absolute atomic E-state index is 0. The maximum Gasteiger partial charge on any atom is 0.289 e. The fourth-order valence-electron chi connectivity index (χ4n) is 1.87. The fourth-order valence-corrected chi connectivity index (χ4v) is 1.87. The maximum absolute atomic E-state index is 12.3. The lowest BCUT2D eigenvalue weighted by Crippen LogP contribution is -2.33. The predicted molar refractivity (Wildman–Crippen MR) is 87.6 cm³/mol. The van der Waals surface area contributed by atoms with E-state index < -0.39 is 0 Å². The summed E-state index contributed by atoms with van der Waals surface area (Å²) in [7, 11) is 3.61. The lowest BCUT2D eigenvalue weighted by Gasteiger charge is -2.16. The van der Waals surface area contributed by atoms with Crippen molar-refractivity contribution < 1.29 is 13.9 Å². The van der Waals surface area contributed by atoms with Gasteiger partial charge >= 0.3 is 0 Å². The van der Waals surface area contributed by atoms with Crippen LogP contribution in [-0.2, 0) is 6.61 Å². The molecule has 1 heterocycles. The van der Waals surface area contributed by atoms with Crippen LogP contribution in [0.15, 0.2) is 47.1 Å². The first-order valence-corrected chi connectivity index (χ1v) is 6.86. The van der Waals surface area contributed by atoms with Gasteiger partial charge in [0.15, 0.2) is 5.76 Å². The van der Waals surface area contributed by atoms with Crippen molar-refractivity contribution in [3.05, 3.63) is 54.0 Å². The van der Waals surface area contributed by atoms with E-state index in [9.17, 15) is 4.79 Å². The monoisotopic (exact) mass is 324 g/mol. The molecule has 0 aliphatic rings. The number of rotatable bonds is 7. The molecular formula is C16H21ClN2O3. The number of likely N-dealkylation sites (N-methyl/N-ethyl adjacent to an activating group) is 2. The van der Waals surface area contributed by atoms with E-state index in [-0.39, 0.29) is 18.3 Å². The van der Waals surface area contributed by atoms with E-state index in [1.54, 1.807) is 18.0 Å². The topological polar surface area (TPSA) is 54.7 Å². The maximum atomic E-state index is 12.3. The van der Waals surface area contributed by atoms with Gasteiger partial charge in [0, 0.05) is 25.7 Å². The van der Waals surface area contributed by atoms with Crippen LogP contribution in [0.4, 0.5) is 0 Å². The van der Waals surface area contributed by atoms with Crippen LogP contribution < -0.4 is 10.1 Å². The molecule has 0 radical (unpaired) electrons. The van der Waals surface area contributed by atoms with E-state index in [2.05, 4.69) is 5.32 Å². The summed E-state index contributed by atoms with van der Waals surface area (Å²) in [4.78, 5) is 13.9. The van der Waals surface area contributed by atoms with Crippen LogP contribution in [0.2, 0.25) is 0 Å². The molecule has 0 spiro atoms. The highest BCUT2D eigenvalue weighted by Crippen LogP contribution is 2.17. The molecule has 0 fully saturated rings. The Hall–Kier alpha value is -1.98. The highest BCUT2D eigenvalue weighted by molar-refractivity contribution is 5.92. The van der Waals surface area contributed by atoms with Gasteiger partial charge in [0.05, 0.1) is 6.26 Å². The molecule has 0 bridgehead atoms. The van der Waals surface area contributed by atoms with Gasteiger partial charge in [0.25, 0.3) is 5.91 Å². The third-order valence-electron chi connectivity index (χ3n) is 3.12. The number of nitrogens with zero attached hydrogens (tertiary/aromatic N) is 1. The number of furan rings is 1. The Morgan fingerprint density at radius 1 is 1.27 bits per heavy atom. The minimum Gasteiger partial charge on any atom is -0.489 e. The summed E-state index contributed by atoms with van der Waals surface area (Å²) in [6, 6.07) is 11.3. The molecule has 0 unspecified atom stereocenters. The lowest BCUT2D eigenvalue weighted by atomic mass is 10.2. The SMILES string of the molecule is CNCCN(C)C(=O)c1occc1COc1ccccc1.Cl. The normalized spacial score (nSPS) is 9.91. The number of hydrogen-bond donors (Lipinski definition) is 1. The predicted octanol–water partition coefficient (Wildman–Crippen LogP) is 2.57. The third-order valence-corrected chi connectivity index (χ3v) is 3.12. The molecule has 2 aromatic rings. The zero-order chi connectivity index (χ0) is 15.1. The average Bonchev–Trinajstić information content (AvgIpc) is 2.99. The van der Waals surface area contributed by atoms with Crippen molar-refractivity contribution in [2.45, 2.75) is 6.61 Å². The first-order chi connectivity index (χ1) is 10.2. The lowest BCUT2D eigenvalue weighted by molar-refractivity contribution is 0.0761. The first-order valence-electron chi connectivity index (χ1n) is 6.86. The van der Waals surface area contributed by atoms with E-state index in [4.69, 9.17) is 9.15 Å². The molecule has 0 atom stereocenters. The van der Waals surface area contributed by atoms with Crippen molar-refractivity contribution in [1.29, 1.82) is 0 Å². The van der Waals surface area contributed by atoms with Crippen LogP contribution in [0.5, 0.6) is 5.75 Å². The number of halogens is 1. The Balaban J connectivity index is 0.00000242. The van der Waals surface area contributed by atoms with Gasteiger partial charge in [0.1, 0.15) is 12.4 Å². The van der Waals surface area contributed by atoms with Crippen molar-refractivity contribution in [3.8, 4) is 5.75 Å². The fraction of sp³-hybridized carbons (Fsp3) is 0.312. The molecule has 0 saturated heterocycles. The summed E-state index contributed by atoms with van der Waals surface area (Å²) in [5.41, 5.74) is 0.750. The number of carbonyl (C=O) groups excluding carboxylic acids is 1. The number of amides is 1. The van der Waals surface area contributed by atoms with Gasteiger partial charge in [-0.25, -0.2) is 0 Å². The smallest absolute Gasteiger partial charge is 0.289 e. The van der Waals surface area contributed by atoms with E-state index in [1.165, 1.54) is 6.26 Å². The second-order valence-electron chi connectivity index (χ2n) is 4.71. The van der Waals surface area contributed by atoms with Crippen LogP contribution in [-0.4, -0.2) is 38.0 Å². The molecule has 1 aromatic heterocycles. The summed E-state index contributed by atoms with van der Waals surface area (Å²) < 4.78 is 11.0. The third kappa shape index (κ3) is 4.79. The van der Waals surface area contributed by atoms with Crippen LogP contribution in [0.25, 0.3) is 0 Å². The van der Waals surface area contributed by atoms with Gasteiger partial charge in [-0.1, -0.05) is 18.2 Å². The molecule has 6 heteroatoms. The minimum atomic E-state index is -0.137. The van der Waals surface area contributed by atoms with Gasteiger partial charge < -0.3 is 19.4 Å². The summed E-state index contributed by atoms with van der Waals surface area (Å²) in [5, 5.41) is 3.01. The zero-order valence-corrected chi connectivity index (χ0v) is 13.6. The number of nitrogens with one attached hydrogen (secondary N) is 1. The molecule has 1 N–H and O–H groups in total. The Kier molecular flexibility index (Phi) is 7.49. The molecule has 5 nitrogen and oxygen atoms in total.